The Balaban J connectivity index is 1.96. The Bertz CT molecular complexity index is 616. The van der Waals surface area contributed by atoms with E-state index >= 15 is 0 Å². The summed E-state index contributed by atoms with van der Waals surface area (Å²) in [5, 5.41) is 0. The van der Waals surface area contributed by atoms with Gasteiger partial charge in [0.2, 0.25) is 5.78 Å². The zero-order valence-electron chi connectivity index (χ0n) is 11.9. The molecule has 1 aromatic rings. The second kappa shape index (κ2) is 5.41. The fraction of sp³-hybridized carbons (Fsp3) is 0.438. The van der Waals surface area contributed by atoms with Crippen LogP contribution in [0.5, 0.6) is 0 Å². The van der Waals surface area contributed by atoms with Crippen LogP contribution in [0, 0.1) is 0 Å². The SMILES string of the molecule is NNC(=O)C(=O)CC1=NC2(CCCC2)Cc2ccccc21. The molecular weight excluding hydrogens is 266 g/mol. The highest BCUT2D eigenvalue weighted by molar-refractivity contribution is 6.40. The molecule has 1 spiro atoms. The first-order chi connectivity index (χ1) is 10.1. The Morgan fingerprint density at radius 3 is 2.67 bits per heavy atom. The lowest BCUT2D eigenvalue weighted by atomic mass is 9.82. The van der Waals surface area contributed by atoms with E-state index in [0.29, 0.717) is 0 Å². The summed E-state index contributed by atoms with van der Waals surface area (Å²) < 4.78 is 0. The third kappa shape index (κ3) is 2.61. The maximum Gasteiger partial charge on any atom is 0.301 e. The number of hydrogen-bond donors (Lipinski definition) is 2. The topological polar surface area (TPSA) is 84.5 Å². The second-order valence-electron chi connectivity index (χ2n) is 5.90. The minimum absolute atomic E-state index is 0.0157. The Hall–Kier alpha value is -2.01. The van der Waals surface area contributed by atoms with Gasteiger partial charge < -0.3 is 0 Å². The predicted octanol–water partition coefficient (Wildman–Crippen LogP) is 1.29. The van der Waals surface area contributed by atoms with Gasteiger partial charge in [0.1, 0.15) is 0 Å². The van der Waals surface area contributed by atoms with Gasteiger partial charge in [-0.1, -0.05) is 37.1 Å². The maximum absolute atomic E-state index is 11.9. The molecule has 0 unspecified atom stereocenters. The largest absolute Gasteiger partial charge is 0.301 e. The van der Waals surface area contributed by atoms with E-state index in [1.165, 1.54) is 18.4 Å². The summed E-state index contributed by atoms with van der Waals surface area (Å²) >= 11 is 0. The molecule has 3 N–H and O–H groups in total. The van der Waals surface area contributed by atoms with Gasteiger partial charge in [-0.05, 0) is 30.4 Å². The first-order valence-corrected chi connectivity index (χ1v) is 7.34. The van der Waals surface area contributed by atoms with Gasteiger partial charge in [0.25, 0.3) is 0 Å². The van der Waals surface area contributed by atoms with E-state index in [4.69, 9.17) is 10.8 Å². The summed E-state index contributed by atoms with van der Waals surface area (Å²) in [6.07, 6.45) is 5.42. The number of carbonyl (C=O) groups excluding carboxylic acids is 2. The van der Waals surface area contributed by atoms with Crippen LogP contribution in [-0.2, 0) is 16.0 Å². The van der Waals surface area contributed by atoms with Crippen molar-refractivity contribution in [3.8, 4) is 0 Å². The molecule has 0 aromatic heterocycles. The molecule has 21 heavy (non-hydrogen) atoms. The Labute approximate surface area is 123 Å². The molecule has 1 heterocycles. The number of ketones is 1. The molecule has 1 fully saturated rings. The maximum atomic E-state index is 11.9. The van der Waals surface area contributed by atoms with Gasteiger partial charge in [-0.3, -0.25) is 20.0 Å². The van der Waals surface area contributed by atoms with Crippen molar-refractivity contribution >= 4 is 17.4 Å². The van der Waals surface area contributed by atoms with Crippen LogP contribution < -0.4 is 11.3 Å². The van der Waals surface area contributed by atoms with Gasteiger partial charge in [0.15, 0.2) is 0 Å². The van der Waals surface area contributed by atoms with E-state index in [2.05, 4.69) is 6.07 Å². The van der Waals surface area contributed by atoms with Gasteiger partial charge in [0.05, 0.1) is 17.7 Å². The Morgan fingerprint density at radius 1 is 1.24 bits per heavy atom. The highest BCUT2D eigenvalue weighted by atomic mass is 16.2. The van der Waals surface area contributed by atoms with Gasteiger partial charge >= 0.3 is 5.91 Å². The lowest BCUT2D eigenvalue weighted by molar-refractivity contribution is -0.137. The van der Waals surface area contributed by atoms with E-state index < -0.39 is 11.7 Å². The molecule has 3 rings (SSSR count). The van der Waals surface area contributed by atoms with Crippen molar-refractivity contribution in [3.63, 3.8) is 0 Å². The number of nitrogens with two attached hydrogens (primary N) is 1. The van der Waals surface area contributed by atoms with Gasteiger partial charge in [-0.2, -0.15) is 0 Å². The fourth-order valence-electron chi connectivity index (χ4n) is 3.47. The van der Waals surface area contributed by atoms with Crippen molar-refractivity contribution in [2.75, 3.05) is 0 Å². The molecule has 5 heteroatoms. The molecule has 0 bridgehead atoms. The van der Waals surface area contributed by atoms with E-state index in [9.17, 15) is 9.59 Å². The highest BCUT2D eigenvalue weighted by Crippen LogP contribution is 2.40. The fourth-order valence-corrected chi connectivity index (χ4v) is 3.47. The standard InChI is InChI=1S/C16H19N3O2/c17-19-15(21)14(20)9-13-12-6-2-1-5-11(12)10-16(18-13)7-3-4-8-16/h1-2,5-6H,3-4,7-10,17H2,(H,19,21). The lowest BCUT2D eigenvalue weighted by Gasteiger charge is -2.32. The number of aliphatic imine (C=N–C) groups is 1. The predicted molar refractivity (Wildman–Crippen MR) is 79.8 cm³/mol. The number of nitrogens with one attached hydrogen (secondary N) is 1. The van der Waals surface area contributed by atoms with Crippen molar-refractivity contribution in [2.45, 2.75) is 44.1 Å². The molecule has 0 radical (unpaired) electrons. The number of hydrogen-bond acceptors (Lipinski definition) is 4. The minimum atomic E-state index is -0.763. The van der Waals surface area contributed by atoms with Crippen LogP contribution in [-0.4, -0.2) is 22.9 Å². The quantitative estimate of drug-likeness (QED) is 0.380. The smallest absolute Gasteiger partial charge is 0.288 e. The minimum Gasteiger partial charge on any atom is -0.288 e. The van der Waals surface area contributed by atoms with Crippen LogP contribution in [0.3, 0.4) is 0 Å². The number of fused-ring (bicyclic) bond motifs is 1. The summed E-state index contributed by atoms with van der Waals surface area (Å²) in [5.74, 6) is 3.72. The van der Waals surface area contributed by atoms with Crippen molar-refractivity contribution in [3.05, 3.63) is 35.4 Å². The van der Waals surface area contributed by atoms with Crippen LogP contribution in [0.25, 0.3) is 0 Å². The molecule has 110 valence electrons. The molecule has 1 aliphatic heterocycles. The van der Waals surface area contributed by atoms with Gasteiger partial charge in [-0.15, -0.1) is 0 Å². The Morgan fingerprint density at radius 2 is 1.95 bits per heavy atom. The van der Waals surface area contributed by atoms with Crippen molar-refractivity contribution in [1.82, 2.24) is 5.43 Å². The number of hydrazine groups is 1. The zero-order chi connectivity index (χ0) is 14.9. The third-order valence-corrected chi connectivity index (χ3v) is 4.47. The average molecular weight is 285 g/mol. The number of nitrogens with zero attached hydrogens (tertiary/aromatic N) is 1. The van der Waals surface area contributed by atoms with E-state index in [1.54, 1.807) is 0 Å². The second-order valence-corrected chi connectivity index (χ2v) is 5.90. The van der Waals surface area contributed by atoms with Crippen LogP contribution >= 0.6 is 0 Å². The number of carbonyl (C=O) groups is 2. The van der Waals surface area contributed by atoms with Gasteiger partial charge in [0, 0.05) is 0 Å². The molecule has 1 aliphatic carbocycles. The molecule has 0 atom stereocenters. The van der Waals surface area contributed by atoms with Crippen LogP contribution in [0.1, 0.15) is 43.2 Å². The number of amides is 1. The summed E-state index contributed by atoms with van der Waals surface area (Å²) in [4.78, 5) is 28.1. The van der Waals surface area contributed by atoms with Crippen LogP contribution in [0.4, 0.5) is 0 Å². The summed E-state index contributed by atoms with van der Waals surface area (Å²) in [7, 11) is 0. The highest BCUT2D eigenvalue weighted by Gasteiger charge is 2.38. The lowest BCUT2D eigenvalue weighted by Crippen LogP contribution is -2.39. The van der Waals surface area contributed by atoms with Gasteiger partial charge in [-0.25, -0.2) is 5.84 Å². The number of Topliss-reactive ketones (excluding diaryl/α,β-unsaturated/α-hetero) is 1. The van der Waals surface area contributed by atoms with Crippen molar-refractivity contribution in [2.24, 2.45) is 10.8 Å². The summed E-state index contributed by atoms with van der Waals surface area (Å²) in [6, 6.07) is 8.02. The molecular formula is C16H19N3O2. The first-order valence-electron chi connectivity index (χ1n) is 7.34. The molecule has 5 nitrogen and oxygen atoms in total. The normalized spacial score (nSPS) is 19.0. The zero-order valence-corrected chi connectivity index (χ0v) is 11.9. The molecule has 1 saturated carbocycles. The van der Waals surface area contributed by atoms with Crippen LogP contribution in [0.15, 0.2) is 29.3 Å². The van der Waals surface area contributed by atoms with E-state index in [1.807, 2.05) is 23.6 Å². The summed E-state index contributed by atoms with van der Waals surface area (Å²) in [5.41, 5.74) is 4.78. The van der Waals surface area contributed by atoms with Crippen molar-refractivity contribution in [1.29, 1.82) is 0 Å². The first kappa shape index (κ1) is 13.9. The summed E-state index contributed by atoms with van der Waals surface area (Å²) in [6.45, 7) is 0. The molecule has 0 saturated heterocycles. The van der Waals surface area contributed by atoms with E-state index in [-0.39, 0.29) is 12.0 Å². The van der Waals surface area contributed by atoms with Crippen LogP contribution in [0.2, 0.25) is 0 Å². The average Bonchev–Trinajstić information content (AvgIpc) is 2.94. The Kier molecular flexibility index (Phi) is 3.59. The van der Waals surface area contributed by atoms with E-state index in [0.717, 1.165) is 30.5 Å². The monoisotopic (exact) mass is 285 g/mol. The molecule has 1 aromatic carbocycles. The van der Waals surface area contributed by atoms with Crippen molar-refractivity contribution < 1.29 is 9.59 Å². The number of rotatable bonds is 3. The third-order valence-electron chi connectivity index (χ3n) is 4.47. The molecule has 1 amide bonds. The molecule has 2 aliphatic rings. The number of benzene rings is 1.